The number of Topliss-reactive ketones (excluding diaryl/α,β-unsaturated/α-hetero) is 1. The molecule has 1 fully saturated rings. The second-order valence-electron chi connectivity index (χ2n) is 6.54. The van der Waals surface area contributed by atoms with Crippen LogP contribution in [0.3, 0.4) is 0 Å². The van der Waals surface area contributed by atoms with Crippen molar-refractivity contribution in [2.45, 2.75) is 45.1 Å². The van der Waals surface area contributed by atoms with Crippen LogP contribution in [0.1, 0.15) is 43.2 Å². The van der Waals surface area contributed by atoms with E-state index in [9.17, 15) is 15.0 Å². The lowest BCUT2D eigenvalue weighted by molar-refractivity contribution is -0.115. The molecule has 0 aliphatic heterocycles. The number of phenols is 1. The Morgan fingerprint density at radius 2 is 1.91 bits per heavy atom. The summed E-state index contributed by atoms with van der Waals surface area (Å²) in [6.45, 7) is 1.88. The van der Waals surface area contributed by atoms with Gasteiger partial charge in [-0.05, 0) is 55.9 Å². The molecule has 2 N–H and O–H groups in total. The van der Waals surface area contributed by atoms with Crippen molar-refractivity contribution in [3.8, 4) is 5.75 Å². The lowest BCUT2D eigenvalue weighted by Gasteiger charge is -2.36. The number of benzene rings is 1. The first kappa shape index (κ1) is 15.1. The number of allylic oxidation sites excluding steroid dienone is 2. The lowest BCUT2D eigenvalue weighted by atomic mass is 9.71. The molecule has 1 aromatic carbocycles. The van der Waals surface area contributed by atoms with Crippen molar-refractivity contribution in [1.29, 1.82) is 0 Å². The molecule has 0 heterocycles. The minimum atomic E-state index is -0.431. The number of aliphatic hydroxyl groups is 1. The monoisotopic (exact) mass is 302 g/mol. The maximum atomic E-state index is 12.5. The molecule has 0 aromatic heterocycles. The number of hydrogen-bond acceptors (Lipinski definition) is 4. The molecular formula is C18H22O4. The molecule has 0 amide bonds. The first-order chi connectivity index (χ1) is 10.5. The van der Waals surface area contributed by atoms with Crippen LogP contribution in [0.5, 0.6) is 5.75 Å². The molecule has 3 rings (SSSR count). The Labute approximate surface area is 130 Å². The maximum Gasteiger partial charge on any atom is 0.167 e. The predicted molar refractivity (Wildman–Crippen MR) is 83.7 cm³/mol. The number of carbonyl (C=O) groups is 1. The summed E-state index contributed by atoms with van der Waals surface area (Å²) in [5, 5.41) is 20.5. The van der Waals surface area contributed by atoms with Gasteiger partial charge < -0.3 is 14.9 Å². The SMILES string of the molecule is COC1CCC2(CC1)CC(=O)C(c1cc(O)ccc1C)=C2O. The molecule has 4 heteroatoms. The van der Waals surface area contributed by atoms with Gasteiger partial charge in [0, 0.05) is 18.9 Å². The minimum absolute atomic E-state index is 0.0259. The van der Waals surface area contributed by atoms with E-state index in [1.165, 1.54) is 0 Å². The van der Waals surface area contributed by atoms with Crippen molar-refractivity contribution in [2.24, 2.45) is 5.41 Å². The minimum Gasteiger partial charge on any atom is -0.511 e. The number of phenolic OH excluding ortho intramolecular Hbond substituents is 1. The maximum absolute atomic E-state index is 12.5. The van der Waals surface area contributed by atoms with Crippen LogP contribution in [0, 0.1) is 12.3 Å². The zero-order chi connectivity index (χ0) is 15.9. The van der Waals surface area contributed by atoms with Crippen LogP contribution in [-0.2, 0) is 9.53 Å². The Morgan fingerprint density at radius 3 is 2.55 bits per heavy atom. The van der Waals surface area contributed by atoms with Gasteiger partial charge in [-0.3, -0.25) is 4.79 Å². The third kappa shape index (κ3) is 2.31. The number of rotatable bonds is 2. The molecule has 4 nitrogen and oxygen atoms in total. The van der Waals surface area contributed by atoms with Crippen molar-refractivity contribution < 1.29 is 19.7 Å². The highest BCUT2D eigenvalue weighted by molar-refractivity contribution is 6.24. The molecule has 1 aromatic rings. The topological polar surface area (TPSA) is 66.8 Å². The molecule has 22 heavy (non-hydrogen) atoms. The van der Waals surface area contributed by atoms with Gasteiger partial charge in [-0.15, -0.1) is 0 Å². The summed E-state index contributed by atoms with van der Waals surface area (Å²) < 4.78 is 5.39. The van der Waals surface area contributed by atoms with E-state index in [0.717, 1.165) is 31.2 Å². The van der Waals surface area contributed by atoms with Gasteiger partial charge in [0.25, 0.3) is 0 Å². The van der Waals surface area contributed by atoms with Crippen molar-refractivity contribution in [3.63, 3.8) is 0 Å². The summed E-state index contributed by atoms with van der Waals surface area (Å²) in [6.07, 6.45) is 3.84. The first-order valence-electron chi connectivity index (χ1n) is 7.76. The average molecular weight is 302 g/mol. The van der Waals surface area contributed by atoms with Crippen LogP contribution in [0.25, 0.3) is 5.57 Å². The summed E-state index contributed by atoms with van der Waals surface area (Å²) in [5.74, 6) is 0.292. The molecule has 0 bridgehead atoms. The third-order valence-electron chi connectivity index (χ3n) is 5.23. The van der Waals surface area contributed by atoms with Crippen LogP contribution in [0.4, 0.5) is 0 Å². The van der Waals surface area contributed by atoms with Crippen LogP contribution in [0.2, 0.25) is 0 Å². The van der Waals surface area contributed by atoms with E-state index < -0.39 is 5.41 Å². The highest BCUT2D eigenvalue weighted by atomic mass is 16.5. The third-order valence-corrected chi connectivity index (χ3v) is 5.23. The summed E-state index contributed by atoms with van der Waals surface area (Å²) in [5.41, 5.74) is 1.49. The molecule has 2 aliphatic rings. The number of hydrogen-bond donors (Lipinski definition) is 2. The molecular weight excluding hydrogens is 280 g/mol. The van der Waals surface area contributed by atoms with E-state index in [1.54, 1.807) is 25.3 Å². The van der Waals surface area contributed by atoms with E-state index in [1.807, 2.05) is 6.92 Å². The van der Waals surface area contributed by atoms with Crippen molar-refractivity contribution in [1.82, 2.24) is 0 Å². The van der Waals surface area contributed by atoms with Gasteiger partial charge in [-0.1, -0.05) is 6.07 Å². The smallest absolute Gasteiger partial charge is 0.167 e. The van der Waals surface area contributed by atoms with E-state index in [-0.39, 0.29) is 23.4 Å². The number of carbonyl (C=O) groups excluding carboxylic acids is 1. The van der Waals surface area contributed by atoms with Gasteiger partial charge in [-0.25, -0.2) is 0 Å². The lowest BCUT2D eigenvalue weighted by Crippen LogP contribution is -2.31. The van der Waals surface area contributed by atoms with Crippen LogP contribution < -0.4 is 0 Å². The standard InChI is InChI=1S/C18H22O4/c1-11-3-4-12(19)9-14(11)16-15(20)10-18(17(16)21)7-5-13(22-2)6-8-18/h3-4,9,13,19,21H,5-8,10H2,1-2H3. The molecule has 0 atom stereocenters. The molecule has 1 spiro atoms. The fraction of sp³-hybridized carbons (Fsp3) is 0.500. The Hall–Kier alpha value is -1.81. The Kier molecular flexibility index (Phi) is 3.73. The summed E-state index contributed by atoms with van der Waals surface area (Å²) in [7, 11) is 1.71. The number of aromatic hydroxyl groups is 1. The van der Waals surface area contributed by atoms with Crippen molar-refractivity contribution in [3.05, 3.63) is 35.1 Å². The first-order valence-corrected chi connectivity index (χ1v) is 7.76. The zero-order valence-electron chi connectivity index (χ0n) is 13.1. The molecule has 0 radical (unpaired) electrons. The van der Waals surface area contributed by atoms with Crippen molar-refractivity contribution >= 4 is 11.4 Å². The van der Waals surface area contributed by atoms with Crippen LogP contribution in [-0.4, -0.2) is 29.2 Å². The number of aryl methyl sites for hydroxylation is 1. The largest absolute Gasteiger partial charge is 0.511 e. The number of methoxy groups -OCH3 is 1. The summed E-state index contributed by atoms with van der Waals surface area (Å²) in [4.78, 5) is 12.5. The summed E-state index contributed by atoms with van der Waals surface area (Å²) >= 11 is 0. The summed E-state index contributed by atoms with van der Waals surface area (Å²) in [6, 6.07) is 4.93. The highest BCUT2D eigenvalue weighted by Crippen LogP contribution is 2.52. The molecule has 0 unspecified atom stereocenters. The van der Waals surface area contributed by atoms with Gasteiger partial charge in [0.15, 0.2) is 5.78 Å². The second-order valence-corrected chi connectivity index (χ2v) is 6.54. The zero-order valence-corrected chi connectivity index (χ0v) is 13.1. The Bertz CT molecular complexity index is 636. The number of ether oxygens (including phenoxy) is 1. The fourth-order valence-corrected chi connectivity index (χ4v) is 3.83. The van der Waals surface area contributed by atoms with Gasteiger partial charge in [-0.2, -0.15) is 0 Å². The van der Waals surface area contributed by atoms with E-state index in [0.29, 0.717) is 17.6 Å². The van der Waals surface area contributed by atoms with Crippen LogP contribution in [0.15, 0.2) is 24.0 Å². The van der Waals surface area contributed by atoms with E-state index in [2.05, 4.69) is 0 Å². The molecule has 1 saturated carbocycles. The molecule has 0 saturated heterocycles. The van der Waals surface area contributed by atoms with Crippen molar-refractivity contribution in [2.75, 3.05) is 7.11 Å². The highest BCUT2D eigenvalue weighted by Gasteiger charge is 2.48. The molecule has 118 valence electrons. The fourth-order valence-electron chi connectivity index (χ4n) is 3.83. The Morgan fingerprint density at radius 1 is 1.23 bits per heavy atom. The predicted octanol–water partition coefficient (Wildman–Crippen LogP) is 3.52. The number of aliphatic hydroxyl groups excluding tert-OH is 1. The van der Waals surface area contributed by atoms with Gasteiger partial charge in [0.05, 0.1) is 11.7 Å². The Balaban J connectivity index is 2.00. The normalized spacial score (nSPS) is 28.6. The molecule has 2 aliphatic carbocycles. The second kappa shape index (κ2) is 5.43. The van der Waals surface area contributed by atoms with Gasteiger partial charge in [0.2, 0.25) is 0 Å². The number of ketones is 1. The van der Waals surface area contributed by atoms with E-state index in [4.69, 9.17) is 4.74 Å². The van der Waals surface area contributed by atoms with Gasteiger partial charge in [0.1, 0.15) is 11.5 Å². The average Bonchev–Trinajstić information content (AvgIpc) is 2.74. The quantitative estimate of drug-likeness (QED) is 0.877. The van der Waals surface area contributed by atoms with Crippen LogP contribution >= 0.6 is 0 Å². The van der Waals surface area contributed by atoms with E-state index >= 15 is 0 Å². The van der Waals surface area contributed by atoms with Gasteiger partial charge >= 0.3 is 0 Å².